The Morgan fingerprint density at radius 3 is 2.36 bits per heavy atom. The first-order valence-electron chi connectivity index (χ1n) is 9.17. The van der Waals surface area contributed by atoms with Crippen molar-refractivity contribution in [2.24, 2.45) is 0 Å². The predicted molar refractivity (Wildman–Crippen MR) is 105 cm³/mol. The van der Waals surface area contributed by atoms with Crippen molar-refractivity contribution in [3.63, 3.8) is 0 Å². The number of nitrogens with zero attached hydrogens (tertiary/aromatic N) is 1. The van der Waals surface area contributed by atoms with Gasteiger partial charge < -0.3 is 14.8 Å². The minimum absolute atomic E-state index is 0.152. The Kier molecular flexibility index (Phi) is 5.90. The molecule has 1 amide bonds. The van der Waals surface area contributed by atoms with Gasteiger partial charge in [-0.05, 0) is 42.8 Å². The molecule has 2 aromatic rings. The van der Waals surface area contributed by atoms with Gasteiger partial charge >= 0.3 is 0 Å². The number of carbonyl (C=O) groups is 1. The van der Waals surface area contributed by atoms with Crippen LogP contribution in [0.3, 0.4) is 0 Å². The molecule has 0 unspecified atom stereocenters. The zero-order valence-corrected chi connectivity index (χ0v) is 17.0. The average Bonchev–Trinajstić information content (AvgIpc) is 3.16. The Balaban J connectivity index is 1.71. The molecule has 0 spiro atoms. The Morgan fingerprint density at radius 1 is 1.07 bits per heavy atom. The van der Waals surface area contributed by atoms with E-state index in [1.54, 1.807) is 42.5 Å². The van der Waals surface area contributed by atoms with E-state index >= 15 is 0 Å². The van der Waals surface area contributed by atoms with E-state index < -0.39 is 10.0 Å². The number of carbonyl (C=O) groups excluding carboxylic acids is 1. The number of fused-ring (bicyclic) bond motifs is 1. The fourth-order valence-electron chi connectivity index (χ4n) is 3.04. The van der Waals surface area contributed by atoms with Crippen LogP contribution in [-0.4, -0.2) is 38.5 Å². The molecular weight excluding hydrogens is 380 g/mol. The topological polar surface area (TPSA) is 84.9 Å². The van der Waals surface area contributed by atoms with Crippen LogP contribution in [0.15, 0.2) is 47.4 Å². The van der Waals surface area contributed by atoms with Gasteiger partial charge in [0, 0.05) is 18.7 Å². The lowest BCUT2D eigenvalue weighted by atomic mass is 10.1. The SMILES string of the molecule is CCN(CC)S(=O)(=O)c1ccc([C@@H](C)NC(=O)c2ccc3c(c2)OCO3)cc1. The number of benzene rings is 2. The number of hydrogen-bond donors (Lipinski definition) is 1. The Labute approximate surface area is 165 Å². The maximum absolute atomic E-state index is 12.6. The van der Waals surface area contributed by atoms with E-state index in [2.05, 4.69) is 5.32 Å². The molecule has 0 aromatic heterocycles. The van der Waals surface area contributed by atoms with Crippen molar-refractivity contribution < 1.29 is 22.7 Å². The van der Waals surface area contributed by atoms with Gasteiger partial charge in [0.15, 0.2) is 11.5 Å². The molecule has 28 heavy (non-hydrogen) atoms. The molecule has 0 bridgehead atoms. The molecule has 3 rings (SSSR count). The molecular formula is C20H24N2O5S. The summed E-state index contributed by atoms with van der Waals surface area (Å²) in [4.78, 5) is 12.8. The number of sulfonamides is 1. The maximum atomic E-state index is 12.6. The summed E-state index contributed by atoms with van der Waals surface area (Å²) < 4.78 is 37.1. The molecule has 0 saturated heterocycles. The van der Waals surface area contributed by atoms with Gasteiger partial charge in [-0.15, -0.1) is 0 Å². The van der Waals surface area contributed by atoms with Crippen molar-refractivity contribution in [2.45, 2.75) is 31.7 Å². The minimum Gasteiger partial charge on any atom is -0.454 e. The Hall–Kier alpha value is -2.58. The van der Waals surface area contributed by atoms with Crippen LogP contribution in [0.1, 0.15) is 42.7 Å². The van der Waals surface area contributed by atoms with Gasteiger partial charge in [-0.1, -0.05) is 26.0 Å². The fourth-order valence-corrected chi connectivity index (χ4v) is 4.50. The summed E-state index contributed by atoms with van der Waals surface area (Å²) in [5.74, 6) is 0.923. The van der Waals surface area contributed by atoms with Gasteiger partial charge in [0.05, 0.1) is 10.9 Å². The van der Waals surface area contributed by atoms with E-state index in [0.29, 0.717) is 30.2 Å². The summed E-state index contributed by atoms with van der Waals surface area (Å²) in [7, 11) is -3.50. The van der Waals surface area contributed by atoms with E-state index in [-0.39, 0.29) is 23.6 Å². The minimum atomic E-state index is -3.50. The first-order chi connectivity index (χ1) is 13.4. The van der Waals surface area contributed by atoms with Crippen LogP contribution < -0.4 is 14.8 Å². The molecule has 7 nitrogen and oxygen atoms in total. The molecule has 1 atom stereocenters. The van der Waals surface area contributed by atoms with E-state index in [4.69, 9.17) is 9.47 Å². The second kappa shape index (κ2) is 8.20. The van der Waals surface area contributed by atoms with Gasteiger partial charge in [-0.2, -0.15) is 4.31 Å². The summed E-state index contributed by atoms with van der Waals surface area (Å²) in [6.45, 7) is 6.45. The molecule has 1 aliphatic heterocycles. The Morgan fingerprint density at radius 2 is 1.71 bits per heavy atom. The van der Waals surface area contributed by atoms with Crippen LogP contribution in [0, 0.1) is 0 Å². The second-order valence-corrected chi connectivity index (χ2v) is 8.36. The molecule has 2 aromatic carbocycles. The lowest BCUT2D eigenvalue weighted by Crippen LogP contribution is -2.30. The van der Waals surface area contributed by atoms with Crippen molar-refractivity contribution in [1.29, 1.82) is 0 Å². The summed E-state index contributed by atoms with van der Waals surface area (Å²) in [6.07, 6.45) is 0. The van der Waals surface area contributed by atoms with Crippen molar-refractivity contribution in [3.05, 3.63) is 53.6 Å². The lowest BCUT2D eigenvalue weighted by Gasteiger charge is -2.19. The van der Waals surface area contributed by atoms with Gasteiger partial charge in [0.25, 0.3) is 5.91 Å². The van der Waals surface area contributed by atoms with Gasteiger partial charge in [0.2, 0.25) is 16.8 Å². The third-order valence-corrected chi connectivity index (χ3v) is 6.77. The highest BCUT2D eigenvalue weighted by atomic mass is 32.2. The fraction of sp³-hybridized carbons (Fsp3) is 0.350. The van der Waals surface area contributed by atoms with Crippen LogP contribution in [0.4, 0.5) is 0 Å². The largest absolute Gasteiger partial charge is 0.454 e. The smallest absolute Gasteiger partial charge is 0.251 e. The zero-order valence-electron chi connectivity index (χ0n) is 16.1. The van der Waals surface area contributed by atoms with Crippen molar-refractivity contribution >= 4 is 15.9 Å². The van der Waals surface area contributed by atoms with Crippen LogP contribution >= 0.6 is 0 Å². The number of ether oxygens (including phenoxy) is 2. The molecule has 1 heterocycles. The van der Waals surface area contributed by atoms with Crippen molar-refractivity contribution in [3.8, 4) is 11.5 Å². The summed E-state index contributed by atoms with van der Waals surface area (Å²) in [5, 5.41) is 2.91. The third kappa shape index (κ3) is 3.98. The van der Waals surface area contributed by atoms with E-state index in [1.165, 1.54) is 4.31 Å². The quantitative estimate of drug-likeness (QED) is 0.767. The number of nitrogens with one attached hydrogen (secondary N) is 1. The second-order valence-electron chi connectivity index (χ2n) is 6.42. The number of rotatable bonds is 7. The first kappa shape index (κ1) is 20.2. The zero-order chi connectivity index (χ0) is 20.3. The highest BCUT2D eigenvalue weighted by Crippen LogP contribution is 2.32. The monoisotopic (exact) mass is 404 g/mol. The van der Waals surface area contributed by atoms with Crippen molar-refractivity contribution in [1.82, 2.24) is 9.62 Å². The van der Waals surface area contributed by atoms with Gasteiger partial charge in [-0.3, -0.25) is 4.79 Å². The molecule has 1 aliphatic rings. The lowest BCUT2D eigenvalue weighted by molar-refractivity contribution is 0.0939. The van der Waals surface area contributed by atoms with Crippen LogP contribution in [0.2, 0.25) is 0 Å². The Bertz CT molecular complexity index is 953. The van der Waals surface area contributed by atoms with E-state index in [9.17, 15) is 13.2 Å². The summed E-state index contributed by atoms with van der Waals surface area (Å²) in [5.41, 5.74) is 1.28. The standard InChI is InChI=1S/C20H24N2O5S/c1-4-22(5-2)28(24,25)17-9-6-15(7-10-17)14(3)21-20(23)16-8-11-18-19(12-16)27-13-26-18/h6-12,14H,4-5,13H2,1-3H3,(H,21,23)/t14-/m1/s1. The summed E-state index contributed by atoms with van der Waals surface area (Å²) >= 11 is 0. The average molecular weight is 404 g/mol. The number of hydrogen-bond acceptors (Lipinski definition) is 5. The van der Waals surface area contributed by atoms with Crippen LogP contribution in [0.5, 0.6) is 11.5 Å². The third-order valence-electron chi connectivity index (χ3n) is 4.71. The maximum Gasteiger partial charge on any atom is 0.251 e. The molecule has 0 aliphatic carbocycles. The van der Waals surface area contributed by atoms with Crippen LogP contribution in [0.25, 0.3) is 0 Å². The van der Waals surface area contributed by atoms with E-state index in [0.717, 1.165) is 5.56 Å². The molecule has 0 fully saturated rings. The molecule has 1 N–H and O–H groups in total. The molecule has 8 heteroatoms. The van der Waals surface area contributed by atoms with E-state index in [1.807, 2.05) is 20.8 Å². The molecule has 0 radical (unpaired) electrons. The van der Waals surface area contributed by atoms with Crippen molar-refractivity contribution in [2.75, 3.05) is 19.9 Å². The summed E-state index contributed by atoms with van der Waals surface area (Å²) in [6, 6.07) is 11.3. The first-order valence-corrected chi connectivity index (χ1v) is 10.6. The normalized spacial score (nSPS) is 14.1. The molecule has 0 saturated carbocycles. The number of amides is 1. The van der Waals surface area contributed by atoms with Crippen LogP contribution in [-0.2, 0) is 10.0 Å². The predicted octanol–water partition coefficient (Wildman–Crippen LogP) is 2.94. The molecule has 150 valence electrons. The van der Waals surface area contributed by atoms with Gasteiger partial charge in [-0.25, -0.2) is 8.42 Å². The van der Waals surface area contributed by atoms with Gasteiger partial charge in [0.1, 0.15) is 0 Å². The highest BCUT2D eigenvalue weighted by molar-refractivity contribution is 7.89. The highest BCUT2D eigenvalue weighted by Gasteiger charge is 2.22.